The Kier molecular flexibility index (Phi) is 3.47. The predicted octanol–water partition coefficient (Wildman–Crippen LogP) is 3.27. The number of nitrogens with one attached hydrogen (secondary N) is 1. The first-order chi connectivity index (χ1) is 8.18. The maximum atomic E-state index is 10.4. The Morgan fingerprint density at radius 2 is 2.06 bits per heavy atom. The highest BCUT2D eigenvalue weighted by Gasteiger charge is 2.06. The molecule has 3 nitrogen and oxygen atoms in total. The molecule has 0 radical (unpaired) electrons. The molecule has 1 aromatic carbocycles. The SMILES string of the molecule is Cc1c(CCCCC(=O)O)[nH]c2ccccc12. The average Bonchev–Trinajstić information content (AvgIpc) is 2.63. The average molecular weight is 231 g/mol. The largest absolute Gasteiger partial charge is 0.481 e. The monoisotopic (exact) mass is 231 g/mol. The third-order valence-corrected chi connectivity index (χ3v) is 3.14. The highest BCUT2D eigenvalue weighted by atomic mass is 16.4. The number of rotatable bonds is 5. The van der Waals surface area contributed by atoms with Crippen molar-refractivity contribution in [3.8, 4) is 0 Å². The minimum Gasteiger partial charge on any atom is -0.481 e. The van der Waals surface area contributed by atoms with Gasteiger partial charge in [0.15, 0.2) is 0 Å². The van der Waals surface area contributed by atoms with Crippen molar-refractivity contribution in [3.63, 3.8) is 0 Å². The second-order valence-electron chi connectivity index (χ2n) is 4.37. The predicted molar refractivity (Wildman–Crippen MR) is 68.2 cm³/mol. The smallest absolute Gasteiger partial charge is 0.303 e. The number of hydrogen-bond donors (Lipinski definition) is 2. The van der Waals surface area contributed by atoms with Crippen LogP contribution in [0.1, 0.15) is 30.5 Å². The van der Waals surface area contributed by atoms with Crippen molar-refractivity contribution < 1.29 is 9.90 Å². The molecule has 17 heavy (non-hydrogen) atoms. The number of carboxylic acids is 1. The summed E-state index contributed by atoms with van der Waals surface area (Å²) in [5.74, 6) is -0.710. The molecule has 0 saturated carbocycles. The topological polar surface area (TPSA) is 53.1 Å². The number of H-pyrrole nitrogens is 1. The minimum atomic E-state index is -0.710. The zero-order valence-corrected chi connectivity index (χ0v) is 9.99. The van der Waals surface area contributed by atoms with Gasteiger partial charge in [-0.3, -0.25) is 4.79 Å². The summed E-state index contributed by atoms with van der Waals surface area (Å²) < 4.78 is 0. The molecule has 90 valence electrons. The first kappa shape index (κ1) is 11.7. The fourth-order valence-electron chi connectivity index (χ4n) is 2.17. The van der Waals surface area contributed by atoms with E-state index in [0.717, 1.165) is 19.3 Å². The molecule has 2 N–H and O–H groups in total. The third kappa shape index (κ3) is 2.67. The van der Waals surface area contributed by atoms with Crippen LogP contribution in [0.3, 0.4) is 0 Å². The highest BCUT2D eigenvalue weighted by Crippen LogP contribution is 2.22. The molecule has 2 aromatic rings. The number of unbranched alkanes of at least 4 members (excludes halogenated alkanes) is 1. The lowest BCUT2D eigenvalue weighted by Crippen LogP contribution is -1.95. The number of hydrogen-bond acceptors (Lipinski definition) is 1. The van der Waals surface area contributed by atoms with Crippen LogP contribution in [-0.4, -0.2) is 16.1 Å². The van der Waals surface area contributed by atoms with Gasteiger partial charge in [-0.25, -0.2) is 0 Å². The van der Waals surface area contributed by atoms with Gasteiger partial charge in [0.05, 0.1) is 0 Å². The second-order valence-corrected chi connectivity index (χ2v) is 4.37. The molecule has 0 atom stereocenters. The van der Waals surface area contributed by atoms with Crippen LogP contribution in [-0.2, 0) is 11.2 Å². The van der Waals surface area contributed by atoms with Gasteiger partial charge < -0.3 is 10.1 Å². The molecule has 0 bridgehead atoms. The van der Waals surface area contributed by atoms with E-state index in [4.69, 9.17) is 5.11 Å². The summed E-state index contributed by atoms with van der Waals surface area (Å²) in [4.78, 5) is 13.8. The lowest BCUT2D eigenvalue weighted by molar-refractivity contribution is -0.137. The molecule has 0 aliphatic rings. The summed E-state index contributed by atoms with van der Waals surface area (Å²) in [5, 5.41) is 9.84. The highest BCUT2D eigenvalue weighted by molar-refractivity contribution is 5.84. The summed E-state index contributed by atoms with van der Waals surface area (Å²) in [6, 6.07) is 8.24. The molecule has 0 aliphatic heterocycles. The molecular formula is C14H17NO2. The fourth-order valence-corrected chi connectivity index (χ4v) is 2.17. The summed E-state index contributed by atoms with van der Waals surface area (Å²) in [5.41, 5.74) is 3.69. The van der Waals surface area contributed by atoms with Crippen molar-refractivity contribution in [2.75, 3.05) is 0 Å². The molecular weight excluding hydrogens is 214 g/mol. The molecule has 0 saturated heterocycles. The van der Waals surface area contributed by atoms with Crippen LogP contribution in [0.25, 0.3) is 10.9 Å². The number of carboxylic acid groups (broad SMARTS) is 1. The van der Waals surface area contributed by atoms with Crippen LogP contribution in [0.2, 0.25) is 0 Å². The molecule has 0 amide bonds. The van der Waals surface area contributed by atoms with Crippen LogP contribution >= 0.6 is 0 Å². The summed E-state index contributed by atoms with van der Waals surface area (Å²) in [6.45, 7) is 2.12. The number of fused-ring (bicyclic) bond motifs is 1. The van der Waals surface area contributed by atoms with Crippen molar-refractivity contribution in [2.45, 2.75) is 32.6 Å². The van der Waals surface area contributed by atoms with Gasteiger partial charge in [-0.1, -0.05) is 18.2 Å². The Labute approximate surface area is 100 Å². The van der Waals surface area contributed by atoms with Gasteiger partial charge in [-0.2, -0.15) is 0 Å². The van der Waals surface area contributed by atoms with E-state index < -0.39 is 5.97 Å². The molecule has 0 aliphatic carbocycles. The van der Waals surface area contributed by atoms with Crippen LogP contribution in [0.5, 0.6) is 0 Å². The first-order valence-electron chi connectivity index (χ1n) is 5.96. The van der Waals surface area contributed by atoms with Crippen molar-refractivity contribution in [3.05, 3.63) is 35.5 Å². The van der Waals surface area contributed by atoms with Gasteiger partial charge in [-0.05, 0) is 37.8 Å². The standard InChI is InChI=1S/C14H17NO2/c1-10-11-6-2-3-8-13(11)15-12(10)7-4-5-9-14(16)17/h2-3,6,8,15H,4-5,7,9H2,1H3,(H,16,17). The number of para-hydroxylation sites is 1. The number of aryl methyl sites for hydroxylation is 2. The molecule has 3 heteroatoms. The molecule has 1 heterocycles. The van der Waals surface area contributed by atoms with E-state index in [1.54, 1.807) is 0 Å². The third-order valence-electron chi connectivity index (χ3n) is 3.14. The van der Waals surface area contributed by atoms with Gasteiger partial charge in [0.2, 0.25) is 0 Å². The van der Waals surface area contributed by atoms with Gasteiger partial charge >= 0.3 is 5.97 Å². The van der Waals surface area contributed by atoms with Gasteiger partial charge in [0.1, 0.15) is 0 Å². The van der Waals surface area contributed by atoms with Crippen LogP contribution in [0, 0.1) is 6.92 Å². The van der Waals surface area contributed by atoms with E-state index in [2.05, 4.69) is 24.0 Å². The van der Waals surface area contributed by atoms with Crippen LogP contribution < -0.4 is 0 Å². The minimum absolute atomic E-state index is 0.263. The van der Waals surface area contributed by atoms with Gasteiger partial charge in [0.25, 0.3) is 0 Å². The van der Waals surface area contributed by atoms with Gasteiger partial charge in [-0.15, -0.1) is 0 Å². The lowest BCUT2D eigenvalue weighted by atomic mass is 10.1. The number of aromatic amines is 1. The Morgan fingerprint density at radius 3 is 2.76 bits per heavy atom. The van der Waals surface area contributed by atoms with Crippen molar-refractivity contribution >= 4 is 16.9 Å². The van der Waals surface area contributed by atoms with Gasteiger partial charge in [0, 0.05) is 23.0 Å². The Hall–Kier alpha value is -1.77. The van der Waals surface area contributed by atoms with E-state index in [1.165, 1.54) is 22.2 Å². The maximum Gasteiger partial charge on any atom is 0.303 e. The van der Waals surface area contributed by atoms with E-state index in [-0.39, 0.29) is 6.42 Å². The van der Waals surface area contributed by atoms with E-state index >= 15 is 0 Å². The zero-order valence-electron chi connectivity index (χ0n) is 9.99. The van der Waals surface area contributed by atoms with Crippen molar-refractivity contribution in [1.29, 1.82) is 0 Å². The molecule has 1 aromatic heterocycles. The molecule has 0 unspecified atom stereocenters. The quantitative estimate of drug-likeness (QED) is 0.776. The van der Waals surface area contributed by atoms with E-state index in [1.807, 2.05) is 12.1 Å². The first-order valence-corrected chi connectivity index (χ1v) is 5.96. The number of aromatic nitrogens is 1. The summed E-state index contributed by atoms with van der Waals surface area (Å²) >= 11 is 0. The number of aliphatic carboxylic acids is 1. The molecule has 2 rings (SSSR count). The van der Waals surface area contributed by atoms with Crippen molar-refractivity contribution in [1.82, 2.24) is 4.98 Å². The zero-order chi connectivity index (χ0) is 12.3. The fraction of sp³-hybridized carbons (Fsp3) is 0.357. The van der Waals surface area contributed by atoms with Crippen LogP contribution in [0.4, 0.5) is 0 Å². The maximum absolute atomic E-state index is 10.4. The summed E-state index contributed by atoms with van der Waals surface area (Å²) in [6.07, 6.45) is 2.84. The van der Waals surface area contributed by atoms with Crippen LogP contribution in [0.15, 0.2) is 24.3 Å². The lowest BCUT2D eigenvalue weighted by Gasteiger charge is -1.99. The van der Waals surface area contributed by atoms with E-state index in [9.17, 15) is 4.79 Å². The number of carbonyl (C=O) groups is 1. The number of benzene rings is 1. The molecule has 0 fully saturated rings. The van der Waals surface area contributed by atoms with Crippen molar-refractivity contribution in [2.24, 2.45) is 0 Å². The Balaban J connectivity index is 2.04. The second kappa shape index (κ2) is 5.04. The van der Waals surface area contributed by atoms with E-state index in [0.29, 0.717) is 0 Å². The Morgan fingerprint density at radius 1 is 1.29 bits per heavy atom. The molecule has 0 spiro atoms. The summed E-state index contributed by atoms with van der Waals surface area (Å²) in [7, 11) is 0. The normalized spacial score (nSPS) is 10.9. The Bertz CT molecular complexity index is 528.